The number of rotatable bonds is 2. The number of anilines is 1. The molecule has 0 aromatic heterocycles. The lowest BCUT2D eigenvalue weighted by atomic mass is 10.3. The van der Waals surface area contributed by atoms with Crippen LogP contribution in [0.5, 0.6) is 0 Å². The van der Waals surface area contributed by atoms with Crippen LogP contribution < -0.4 is 10.7 Å². The van der Waals surface area contributed by atoms with Gasteiger partial charge in [-0.05, 0) is 40.3 Å². The minimum Gasteiger partial charge on any atom is -0.375 e. The number of hydrogen-bond donors (Lipinski definition) is 1. The molecule has 1 aromatic carbocycles. The zero-order chi connectivity index (χ0) is 10.7. The molecule has 76 valence electrons. The third-order valence-electron chi connectivity index (χ3n) is 1.69. The summed E-state index contributed by atoms with van der Waals surface area (Å²) >= 11 is 8.43. The van der Waals surface area contributed by atoms with Gasteiger partial charge in [0, 0.05) is 18.6 Å². The highest BCUT2D eigenvalue weighted by Crippen LogP contribution is 2.25. The molecule has 0 bridgehead atoms. The smallest absolute Gasteiger partial charge is 0.185 e. The van der Waals surface area contributed by atoms with Gasteiger partial charge in [0.1, 0.15) is 0 Å². The number of benzene rings is 1. The quantitative estimate of drug-likeness (QED) is 0.660. The molecule has 0 unspecified atom stereocenters. The first-order chi connectivity index (χ1) is 6.54. The Morgan fingerprint density at radius 2 is 1.93 bits per heavy atom. The second-order valence-corrected chi connectivity index (χ2v) is 4.22. The maximum atomic E-state index is 5.63. The molecular weight excluding hydrogens is 262 g/mol. The van der Waals surface area contributed by atoms with Crippen LogP contribution >= 0.6 is 28.1 Å². The number of hydrogen-bond acceptors (Lipinski definition) is 2. The minimum atomic E-state index is 0.321. The highest BCUT2D eigenvalue weighted by Gasteiger charge is 2.13. The van der Waals surface area contributed by atoms with E-state index in [0.717, 1.165) is 10.2 Å². The molecule has 0 aliphatic rings. The minimum absolute atomic E-state index is 0.321. The summed E-state index contributed by atoms with van der Waals surface area (Å²) in [6.07, 6.45) is 0. The highest BCUT2D eigenvalue weighted by molar-refractivity contribution is 9.10. The van der Waals surface area contributed by atoms with Crippen LogP contribution in [0.25, 0.3) is 0 Å². The van der Waals surface area contributed by atoms with Gasteiger partial charge in [0.05, 0.1) is 5.69 Å². The fourth-order valence-corrected chi connectivity index (χ4v) is 1.87. The first-order valence-electron chi connectivity index (χ1n) is 4.05. The molecule has 0 aliphatic heterocycles. The van der Waals surface area contributed by atoms with Crippen molar-refractivity contribution in [1.82, 2.24) is 5.01 Å². The first-order valence-corrected chi connectivity index (χ1v) is 5.25. The Balaban J connectivity index is 3.12. The first kappa shape index (κ1) is 11.4. The van der Waals surface area contributed by atoms with Gasteiger partial charge in [-0.2, -0.15) is 0 Å². The van der Waals surface area contributed by atoms with Gasteiger partial charge in [0.2, 0.25) is 0 Å². The second kappa shape index (κ2) is 4.72. The molecule has 0 saturated carbocycles. The van der Waals surface area contributed by atoms with Crippen molar-refractivity contribution in [2.24, 2.45) is 5.73 Å². The standard InChI is InChI=1S/C9H12BrN3S/c1-12(2)13(9(11)14)8-6-4-3-5-7(8)10/h3-6H,1-2H3,(H2,11,14). The van der Waals surface area contributed by atoms with Crippen LogP contribution in [0.3, 0.4) is 0 Å². The molecule has 3 nitrogen and oxygen atoms in total. The largest absolute Gasteiger partial charge is 0.375 e. The fraction of sp³-hybridized carbons (Fsp3) is 0.222. The number of nitrogens with two attached hydrogens (primary N) is 1. The molecule has 14 heavy (non-hydrogen) atoms. The molecule has 0 saturated heterocycles. The van der Waals surface area contributed by atoms with Crippen LogP contribution in [0.4, 0.5) is 5.69 Å². The lowest BCUT2D eigenvalue weighted by molar-refractivity contribution is 0.429. The molecule has 0 radical (unpaired) electrons. The summed E-state index contributed by atoms with van der Waals surface area (Å²) in [5.74, 6) is 0. The van der Waals surface area contributed by atoms with E-state index in [2.05, 4.69) is 15.9 Å². The van der Waals surface area contributed by atoms with Crippen molar-refractivity contribution < 1.29 is 0 Å². The predicted octanol–water partition coefficient (Wildman–Crippen LogP) is 1.98. The van der Waals surface area contributed by atoms with E-state index in [0.29, 0.717) is 5.11 Å². The summed E-state index contributed by atoms with van der Waals surface area (Å²) in [5.41, 5.74) is 6.57. The highest BCUT2D eigenvalue weighted by atomic mass is 79.9. The van der Waals surface area contributed by atoms with Crippen molar-refractivity contribution in [2.45, 2.75) is 0 Å². The summed E-state index contributed by atoms with van der Waals surface area (Å²) in [6, 6.07) is 7.78. The fourth-order valence-electron chi connectivity index (χ4n) is 1.15. The summed E-state index contributed by atoms with van der Waals surface area (Å²) < 4.78 is 0.960. The molecule has 0 aliphatic carbocycles. The zero-order valence-electron chi connectivity index (χ0n) is 8.07. The number of para-hydroxylation sites is 1. The topological polar surface area (TPSA) is 32.5 Å². The molecule has 0 heterocycles. The Kier molecular flexibility index (Phi) is 3.86. The van der Waals surface area contributed by atoms with E-state index in [1.165, 1.54) is 0 Å². The van der Waals surface area contributed by atoms with Crippen LogP contribution in [-0.2, 0) is 0 Å². The van der Waals surface area contributed by atoms with E-state index in [-0.39, 0.29) is 0 Å². The van der Waals surface area contributed by atoms with Gasteiger partial charge in [0.25, 0.3) is 0 Å². The lowest BCUT2D eigenvalue weighted by Crippen LogP contribution is -2.45. The molecule has 0 amide bonds. The third-order valence-corrected chi connectivity index (χ3v) is 2.53. The summed E-state index contributed by atoms with van der Waals surface area (Å²) in [6.45, 7) is 0. The Morgan fingerprint density at radius 3 is 2.36 bits per heavy atom. The van der Waals surface area contributed by atoms with E-state index in [4.69, 9.17) is 18.0 Å². The average molecular weight is 274 g/mol. The molecular formula is C9H12BrN3S. The SMILES string of the molecule is CN(C)N(C(N)=S)c1ccccc1Br. The van der Waals surface area contributed by atoms with E-state index >= 15 is 0 Å². The van der Waals surface area contributed by atoms with Crippen molar-refractivity contribution in [3.63, 3.8) is 0 Å². The Morgan fingerprint density at radius 1 is 1.36 bits per heavy atom. The molecule has 5 heteroatoms. The van der Waals surface area contributed by atoms with Crippen LogP contribution in [-0.4, -0.2) is 24.2 Å². The monoisotopic (exact) mass is 273 g/mol. The average Bonchev–Trinajstić information content (AvgIpc) is 2.07. The van der Waals surface area contributed by atoms with Crippen molar-refractivity contribution in [1.29, 1.82) is 0 Å². The van der Waals surface area contributed by atoms with Crippen LogP contribution in [0.1, 0.15) is 0 Å². The van der Waals surface area contributed by atoms with Gasteiger partial charge >= 0.3 is 0 Å². The Hall–Kier alpha value is -0.650. The number of thiocarbonyl (C=S) groups is 1. The van der Waals surface area contributed by atoms with Gasteiger partial charge in [-0.15, -0.1) is 0 Å². The summed E-state index contributed by atoms with van der Waals surface area (Å²) in [7, 11) is 3.78. The second-order valence-electron chi connectivity index (χ2n) is 2.95. The van der Waals surface area contributed by atoms with E-state index in [9.17, 15) is 0 Å². The van der Waals surface area contributed by atoms with E-state index in [1.54, 1.807) is 5.01 Å². The van der Waals surface area contributed by atoms with Crippen molar-refractivity contribution in [2.75, 3.05) is 19.1 Å². The number of hydrazine groups is 1. The van der Waals surface area contributed by atoms with Gasteiger partial charge in [-0.25, -0.2) is 10.0 Å². The Bertz CT molecular complexity index is 341. The van der Waals surface area contributed by atoms with Gasteiger partial charge < -0.3 is 5.73 Å². The molecule has 1 rings (SSSR count). The normalized spacial score (nSPS) is 10.3. The van der Waals surface area contributed by atoms with Crippen LogP contribution in [0.2, 0.25) is 0 Å². The molecule has 2 N–H and O–H groups in total. The zero-order valence-corrected chi connectivity index (χ0v) is 10.5. The lowest BCUT2D eigenvalue weighted by Gasteiger charge is -2.29. The van der Waals surface area contributed by atoms with Crippen LogP contribution in [0, 0.1) is 0 Å². The maximum absolute atomic E-state index is 5.63. The van der Waals surface area contributed by atoms with Gasteiger partial charge in [-0.3, -0.25) is 0 Å². The molecule has 0 fully saturated rings. The summed E-state index contributed by atoms with van der Waals surface area (Å²) in [5, 5.41) is 3.91. The Labute approximate surface area is 97.6 Å². The predicted molar refractivity (Wildman–Crippen MR) is 67.1 cm³/mol. The molecule has 0 atom stereocenters. The number of nitrogens with zero attached hydrogens (tertiary/aromatic N) is 2. The molecule has 1 aromatic rings. The van der Waals surface area contributed by atoms with Gasteiger partial charge in [-0.1, -0.05) is 12.1 Å². The van der Waals surface area contributed by atoms with Gasteiger partial charge in [0.15, 0.2) is 5.11 Å². The number of halogens is 1. The van der Waals surface area contributed by atoms with Crippen LogP contribution in [0.15, 0.2) is 28.7 Å². The van der Waals surface area contributed by atoms with E-state index in [1.807, 2.05) is 43.4 Å². The third kappa shape index (κ3) is 2.43. The maximum Gasteiger partial charge on any atom is 0.185 e. The van der Waals surface area contributed by atoms with Crippen molar-refractivity contribution in [3.05, 3.63) is 28.7 Å². The van der Waals surface area contributed by atoms with E-state index < -0.39 is 0 Å². The summed E-state index contributed by atoms with van der Waals surface area (Å²) in [4.78, 5) is 0. The molecule has 0 spiro atoms. The van der Waals surface area contributed by atoms with Crippen molar-refractivity contribution >= 4 is 38.9 Å². The van der Waals surface area contributed by atoms with Crippen molar-refractivity contribution in [3.8, 4) is 0 Å².